The molecule has 1 rings (SSSR count). The molecule has 9 heteroatoms. The second-order valence-corrected chi connectivity index (χ2v) is 5.47. The summed E-state index contributed by atoms with van der Waals surface area (Å²) in [4.78, 5) is 32.0. The van der Waals surface area contributed by atoms with Gasteiger partial charge in [0.25, 0.3) is 0 Å². The zero-order chi connectivity index (χ0) is 17.8. The molecule has 0 aliphatic carbocycles. The number of ether oxygens (including phenoxy) is 1. The van der Waals surface area contributed by atoms with Crippen LogP contribution < -0.4 is 10.6 Å². The zero-order valence-electron chi connectivity index (χ0n) is 13.9. The van der Waals surface area contributed by atoms with E-state index in [0.29, 0.717) is 6.54 Å². The zero-order valence-corrected chi connectivity index (χ0v) is 13.9. The highest BCUT2D eigenvalue weighted by Crippen LogP contribution is 2.10. The molecule has 0 aromatic carbocycles. The third kappa shape index (κ3) is 11.5. The second kappa shape index (κ2) is 11.8. The fourth-order valence-corrected chi connectivity index (χ4v) is 1.77. The van der Waals surface area contributed by atoms with Crippen molar-refractivity contribution in [1.82, 2.24) is 15.5 Å². The van der Waals surface area contributed by atoms with Crippen LogP contribution in [0.3, 0.4) is 0 Å². The normalized spacial score (nSPS) is 18.0. The highest BCUT2D eigenvalue weighted by Gasteiger charge is 2.18. The SMILES string of the molecule is CC(NCCN(C)C)C(=O)NCC1CCCO1.O=C(O)C(=O)O. The minimum Gasteiger partial charge on any atom is -0.473 e. The molecule has 0 aromatic rings. The number of aliphatic carboxylic acids is 2. The number of carboxylic acids is 2. The minimum atomic E-state index is -1.82. The van der Waals surface area contributed by atoms with Gasteiger partial charge in [0.1, 0.15) is 0 Å². The number of hydrogen-bond acceptors (Lipinski definition) is 6. The number of nitrogens with zero attached hydrogens (tertiary/aromatic N) is 1. The van der Waals surface area contributed by atoms with Gasteiger partial charge in [0.15, 0.2) is 0 Å². The number of carboxylic acid groups (broad SMARTS) is 2. The van der Waals surface area contributed by atoms with Gasteiger partial charge in [-0.15, -0.1) is 0 Å². The minimum absolute atomic E-state index is 0.0549. The lowest BCUT2D eigenvalue weighted by atomic mass is 10.2. The van der Waals surface area contributed by atoms with Crippen molar-refractivity contribution in [3.8, 4) is 0 Å². The number of amides is 1. The lowest BCUT2D eigenvalue weighted by Crippen LogP contribution is -2.46. The molecule has 1 heterocycles. The quantitative estimate of drug-likeness (QED) is 0.436. The summed E-state index contributed by atoms with van der Waals surface area (Å²) in [6.45, 7) is 5.11. The molecule has 1 amide bonds. The first-order valence-electron chi connectivity index (χ1n) is 7.47. The Kier molecular flexibility index (Phi) is 10.9. The van der Waals surface area contributed by atoms with Crippen LogP contribution >= 0.6 is 0 Å². The van der Waals surface area contributed by atoms with Crippen LogP contribution in [0.25, 0.3) is 0 Å². The summed E-state index contributed by atoms with van der Waals surface area (Å²) in [6.07, 6.45) is 2.38. The maximum absolute atomic E-state index is 11.7. The van der Waals surface area contributed by atoms with Crippen LogP contribution in [-0.2, 0) is 19.1 Å². The van der Waals surface area contributed by atoms with Crippen molar-refractivity contribution in [1.29, 1.82) is 0 Å². The highest BCUT2D eigenvalue weighted by atomic mass is 16.5. The van der Waals surface area contributed by atoms with Gasteiger partial charge in [0, 0.05) is 26.2 Å². The van der Waals surface area contributed by atoms with Crippen molar-refractivity contribution in [2.24, 2.45) is 0 Å². The average Bonchev–Trinajstić information content (AvgIpc) is 2.98. The van der Waals surface area contributed by atoms with Crippen molar-refractivity contribution in [2.75, 3.05) is 40.3 Å². The van der Waals surface area contributed by atoms with Crippen LogP contribution in [0.1, 0.15) is 19.8 Å². The third-order valence-corrected chi connectivity index (χ3v) is 3.11. The molecule has 9 nitrogen and oxygen atoms in total. The smallest absolute Gasteiger partial charge is 0.414 e. The molecule has 1 fully saturated rings. The molecule has 0 aromatic heterocycles. The summed E-state index contributed by atoms with van der Waals surface area (Å²) in [5, 5.41) is 20.9. The Hall–Kier alpha value is -1.71. The third-order valence-electron chi connectivity index (χ3n) is 3.11. The van der Waals surface area contributed by atoms with E-state index in [1.807, 2.05) is 21.0 Å². The number of hydrogen-bond donors (Lipinski definition) is 4. The fraction of sp³-hybridized carbons (Fsp3) is 0.786. The van der Waals surface area contributed by atoms with Crippen molar-refractivity contribution in [3.63, 3.8) is 0 Å². The first-order valence-corrected chi connectivity index (χ1v) is 7.47. The fourth-order valence-electron chi connectivity index (χ4n) is 1.77. The highest BCUT2D eigenvalue weighted by molar-refractivity contribution is 6.27. The van der Waals surface area contributed by atoms with E-state index in [1.54, 1.807) is 0 Å². The molecule has 1 aliphatic heterocycles. The first kappa shape index (κ1) is 21.3. The van der Waals surface area contributed by atoms with Crippen LogP contribution in [0.15, 0.2) is 0 Å². The molecule has 2 atom stereocenters. The van der Waals surface area contributed by atoms with E-state index in [0.717, 1.165) is 32.5 Å². The average molecular weight is 333 g/mol. The maximum Gasteiger partial charge on any atom is 0.414 e. The molecule has 2 unspecified atom stereocenters. The van der Waals surface area contributed by atoms with E-state index in [4.69, 9.17) is 24.5 Å². The number of carbonyl (C=O) groups is 3. The van der Waals surface area contributed by atoms with Crippen LogP contribution in [0.5, 0.6) is 0 Å². The standard InChI is InChI=1S/C12H25N3O2.C2H2O4/c1-10(13-6-7-15(2)3)12(16)14-9-11-5-4-8-17-11;3-1(4)2(5)6/h10-11,13H,4-9H2,1-3H3,(H,14,16);(H,3,4)(H,5,6). The molecular weight excluding hydrogens is 306 g/mol. The van der Waals surface area contributed by atoms with Crippen molar-refractivity contribution in [3.05, 3.63) is 0 Å². The predicted molar refractivity (Wildman–Crippen MR) is 83.3 cm³/mol. The van der Waals surface area contributed by atoms with Crippen LogP contribution in [0.2, 0.25) is 0 Å². The van der Waals surface area contributed by atoms with Crippen LogP contribution in [-0.4, -0.2) is 85.4 Å². The molecule has 1 saturated heterocycles. The Morgan fingerprint density at radius 2 is 1.87 bits per heavy atom. The van der Waals surface area contributed by atoms with Crippen LogP contribution in [0.4, 0.5) is 0 Å². The number of rotatable bonds is 7. The van der Waals surface area contributed by atoms with E-state index in [2.05, 4.69) is 15.5 Å². The van der Waals surface area contributed by atoms with Gasteiger partial charge in [-0.25, -0.2) is 9.59 Å². The van der Waals surface area contributed by atoms with Gasteiger partial charge < -0.3 is 30.5 Å². The molecule has 23 heavy (non-hydrogen) atoms. The second-order valence-electron chi connectivity index (χ2n) is 5.47. The monoisotopic (exact) mass is 333 g/mol. The molecule has 0 bridgehead atoms. The Morgan fingerprint density at radius 1 is 1.26 bits per heavy atom. The van der Waals surface area contributed by atoms with E-state index >= 15 is 0 Å². The Morgan fingerprint density at radius 3 is 2.30 bits per heavy atom. The van der Waals surface area contributed by atoms with Gasteiger partial charge in [-0.05, 0) is 33.9 Å². The maximum atomic E-state index is 11.7. The van der Waals surface area contributed by atoms with Crippen LogP contribution in [0, 0.1) is 0 Å². The van der Waals surface area contributed by atoms with E-state index in [-0.39, 0.29) is 18.1 Å². The summed E-state index contributed by atoms with van der Waals surface area (Å²) in [7, 11) is 4.04. The van der Waals surface area contributed by atoms with Crippen molar-refractivity contribution >= 4 is 17.8 Å². The lowest BCUT2D eigenvalue weighted by Gasteiger charge is -2.17. The number of likely N-dealkylation sites (N-methyl/N-ethyl adjacent to an activating group) is 1. The molecule has 4 N–H and O–H groups in total. The van der Waals surface area contributed by atoms with Gasteiger partial charge in [0.2, 0.25) is 5.91 Å². The van der Waals surface area contributed by atoms with Gasteiger partial charge in [0.05, 0.1) is 12.1 Å². The molecule has 0 saturated carbocycles. The van der Waals surface area contributed by atoms with Gasteiger partial charge >= 0.3 is 11.9 Å². The summed E-state index contributed by atoms with van der Waals surface area (Å²) in [5.41, 5.74) is 0. The summed E-state index contributed by atoms with van der Waals surface area (Å²) >= 11 is 0. The van der Waals surface area contributed by atoms with Gasteiger partial charge in [-0.3, -0.25) is 4.79 Å². The summed E-state index contributed by atoms with van der Waals surface area (Å²) < 4.78 is 5.45. The number of nitrogens with one attached hydrogen (secondary N) is 2. The first-order chi connectivity index (χ1) is 10.7. The van der Waals surface area contributed by atoms with Gasteiger partial charge in [-0.2, -0.15) is 0 Å². The molecule has 134 valence electrons. The topological polar surface area (TPSA) is 128 Å². The van der Waals surface area contributed by atoms with Gasteiger partial charge in [-0.1, -0.05) is 0 Å². The summed E-state index contributed by atoms with van der Waals surface area (Å²) in [5.74, 6) is -3.59. The largest absolute Gasteiger partial charge is 0.473 e. The Balaban J connectivity index is 0.000000688. The summed E-state index contributed by atoms with van der Waals surface area (Å²) in [6, 6.07) is -0.142. The van der Waals surface area contributed by atoms with E-state index in [9.17, 15) is 4.79 Å². The van der Waals surface area contributed by atoms with E-state index < -0.39 is 11.9 Å². The number of carbonyl (C=O) groups excluding carboxylic acids is 1. The van der Waals surface area contributed by atoms with Crippen molar-refractivity contribution < 1.29 is 29.3 Å². The molecule has 0 radical (unpaired) electrons. The van der Waals surface area contributed by atoms with Crippen molar-refractivity contribution in [2.45, 2.75) is 31.9 Å². The lowest BCUT2D eigenvalue weighted by molar-refractivity contribution is -0.159. The Labute approximate surface area is 136 Å². The molecule has 0 spiro atoms. The predicted octanol–water partition coefficient (Wildman–Crippen LogP) is -1.02. The molecular formula is C14H27N3O6. The van der Waals surface area contributed by atoms with E-state index in [1.165, 1.54) is 0 Å². The molecule has 1 aliphatic rings. The Bertz CT molecular complexity index is 371.